The van der Waals surface area contributed by atoms with Crippen LogP contribution in [0.15, 0.2) is 79.9 Å². The average molecular weight is 635 g/mol. The molecule has 0 saturated carbocycles. The second-order valence-electron chi connectivity index (χ2n) is 11.8. The van der Waals surface area contributed by atoms with Crippen molar-refractivity contribution < 1.29 is 38.1 Å². The Balaban J connectivity index is 1.55. The predicted octanol–water partition coefficient (Wildman–Crippen LogP) is 4.64. The van der Waals surface area contributed by atoms with Crippen LogP contribution in [0.4, 0.5) is 0 Å². The zero-order valence-corrected chi connectivity index (χ0v) is 27.1. The van der Waals surface area contributed by atoms with E-state index >= 15 is 0 Å². The van der Waals surface area contributed by atoms with Crippen LogP contribution in [-0.2, 0) is 39.8 Å². The van der Waals surface area contributed by atoms with Crippen LogP contribution in [0.2, 0.25) is 0 Å². The highest BCUT2D eigenvalue weighted by Gasteiger charge is 2.47. The fourth-order valence-electron chi connectivity index (χ4n) is 5.09. The summed E-state index contributed by atoms with van der Waals surface area (Å²) in [5.74, 6) is -1.68. The normalized spacial score (nSPS) is 17.8. The van der Waals surface area contributed by atoms with Gasteiger partial charge in [-0.1, -0.05) is 75.9 Å². The highest BCUT2D eigenvalue weighted by molar-refractivity contribution is 5.92. The molecule has 46 heavy (non-hydrogen) atoms. The topological polar surface area (TPSA) is 133 Å². The molecule has 1 saturated heterocycles. The van der Waals surface area contributed by atoms with Gasteiger partial charge in [0.15, 0.2) is 6.10 Å². The van der Waals surface area contributed by atoms with E-state index in [1.165, 1.54) is 0 Å². The molecule has 0 spiro atoms. The third-order valence-electron chi connectivity index (χ3n) is 7.69. The molecular formula is C36H46N2O8. The molecule has 10 heteroatoms. The molecule has 0 radical (unpaired) electrons. The molecule has 0 aliphatic carbocycles. The molecule has 1 aliphatic heterocycles. The maximum atomic E-state index is 13.3. The number of epoxide rings is 1. The summed E-state index contributed by atoms with van der Waals surface area (Å²) >= 11 is 0. The SMILES string of the molecule is C=CC[C@H](OC(=O)[C@H](CC(C)C)OC(=O)CCNC(=O)[C@@H](Cc1ccc(OC)cc1)NC(=O)C=C)[C@H](C)[C@H]1O[C@@H]1c1ccccc1. The minimum Gasteiger partial charge on any atom is -0.497 e. The van der Waals surface area contributed by atoms with Crippen molar-refractivity contribution in [3.8, 4) is 5.75 Å². The molecule has 1 aliphatic rings. The molecule has 2 aromatic carbocycles. The first kappa shape index (κ1) is 36.0. The maximum absolute atomic E-state index is 13.3. The molecule has 1 fully saturated rings. The van der Waals surface area contributed by atoms with E-state index in [-0.39, 0.29) is 49.9 Å². The van der Waals surface area contributed by atoms with Gasteiger partial charge in [0.2, 0.25) is 11.8 Å². The number of esters is 2. The fourth-order valence-corrected chi connectivity index (χ4v) is 5.09. The fraction of sp³-hybridized carbons (Fsp3) is 0.444. The van der Waals surface area contributed by atoms with E-state index in [1.807, 2.05) is 51.1 Å². The summed E-state index contributed by atoms with van der Waals surface area (Å²) in [6.07, 6.45) is 1.71. The molecule has 3 rings (SSSR count). The Bertz CT molecular complexity index is 1330. The Morgan fingerprint density at radius 3 is 2.28 bits per heavy atom. The number of ether oxygens (including phenoxy) is 4. The van der Waals surface area contributed by atoms with Crippen molar-refractivity contribution in [2.24, 2.45) is 11.8 Å². The van der Waals surface area contributed by atoms with Crippen molar-refractivity contribution in [3.05, 3.63) is 91.0 Å². The quantitative estimate of drug-likeness (QED) is 0.0989. The summed E-state index contributed by atoms with van der Waals surface area (Å²) < 4.78 is 22.6. The number of nitrogens with one attached hydrogen (secondary N) is 2. The number of carbonyl (C=O) groups excluding carboxylic acids is 4. The van der Waals surface area contributed by atoms with Crippen LogP contribution in [-0.4, -0.2) is 61.8 Å². The monoisotopic (exact) mass is 634 g/mol. The largest absolute Gasteiger partial charge is 0.497 e. The molecule has 6 atom stereocenters. The second-order valence-corrected chi connectivity index (χ2v) is 11.8. The first-order valence-corrected chi connectivity index (χ1v) is 15.6. The average Bonchev–Trinajstić information content (AvgIpc) is 3.85. The first-order valence-electron chi connectivity index (χ1n) is 15.6. The molecule has 2 N–H and O–H groups in total. The van der Waals surface area contributed by atoms with Gasteiger partial charge in [-0.25, -0.2) is 4.79 Å². The minimum absolute atomic E-state index is 0.0433. The van der Waals surface area contributed by atoms with Gasteiger partial charge in [0, 0.05) is 25.3 Å². The van der Waals surface area contributed by atoms with Crippen LogP contribution < -0.4 is 15.4 Å². The van der Waals surface area contributed by atoms with Gasteiger partial charge in [-0.15, -0.1) is 6.58 Å². The molecule has 0 aromatic heterocycles. The van der Waals surface area contributed by atoms with Crippen molar-refractivity contribution in [2.75, 3.05) is 13.7 Å². The van der Waals surface area contributed by atoms with Crippen molar-refractivity contribution >= 4 is 23.8 Å². The number of amides is 2. The number of hydrogen-bond acceptors (Lipinski definition) is 8. The molecular weight excluding hydrogens is 588 g/mol. The zero-order chi connectivity index (χ0) is 33.6. The minimum atomic E-state index is -1.11. The molecule has 0 unspecified atom stereocenters. The summed E-state index contributed by atoms with van der Waals surface area (Å²) in [5, 5.41) is 5.29. The summed E-state index contributed by atoms with van der Waals surface area (Å²) in [4.78, 5) is 51.1. The van der Waals surface area contributed by atoms with Gasteiger partial charge in [-0.3, -0.25) is 14.4 Å². The molecule has 2 amide bonds. The van der Waals surface area contributed by atoms with E-state index in [9.17, 15) is 19.2 Å². The lowest BCUT2D eigenvalue weighted by atomic mass is 9.94. The highest BCUT2D eigenvalue weighted by Crippen LogP contribution is 2.45. The van der Waals surface area contributed by atoms with Crippen LogP contribution in [0.5, 0.6) is 5.75 Å². The van der Waals surface area contributed by atoms with Crippen molar-refractivity contribution in [2.45, 2.75) is 76.9 Å². The molecule has 0 bridgehead atoms. The highest BCUT2D eigenvalue weighted by atomic mass is 16.6. The lowest BCUT2D eigenvalue weighted by molar-refractivity contribution is -0.174. The Morgan fingerprint density at radius 2 is 1.67 bits per heavy atom. The molecule has 248 valence electrons. The smallest absolute Gasteiger partial charge is 0.347 e. The van der Waals surface area contributed by atoms with Gasteiger partial charge in [0.1, 0.15) is 24.0 Å². The first-order chi connectivity index (χ1) is 22.1. The van der Waals surface area contributed by atoms with Crippen molar-refractivity contribution in [1.82, 2.24) is 10.6 Å². The van der Waals surface area contributed by atoms with Crippen LogP contribution in [0.1, 0.15) is 57.3 Å². The summed E-state index contributed by atoms with van der Waals surface area (Å²) in [6, 6.07) is 16.1. The Morgan fingerprint density at radius 1 is 0.978 bits per heavy atom. The number of rotatable bonds is 19. The third-order valence-corrected chi connectivity index (χ3v) is 7.69. The van der Waals surface area contributed by atoms with Crippen LogP contribution in [0.3, 0.4) is 0 Å². The van der Waals surface area contributed by atoms with Gasteiger partial charge < -0.3 is 29.6 Å². The zero-order valence-electron chi connectivity index (χ0n) is 27.1. The van der Waals surface area contributed by atoms with E-state index < -0.39 is 42.0 Å². The van der Waals surface area contributed by atoms with E-state index in [2.05, 4.69) is 23.8 Å². The lowest BCUT2D eigenvalue weighted by Gasteiger charge is -2.25. The summed E-state index contributed by atoms with van der Waals surface area (Å²) in [7, 11) is 1.56. The number of hydrogen-bond donors (Lipinski definition) is 2. The van der Waals surface area contributed by atoms with Crippen molar-refractivity contribution in [3.63, 3.8) is 0 Å². The van der Waals surface area contributed by atoms with Crippen LogP contribution in [0.25, 0.3) is 0 Å². The van der Waals surface area contributed by atoms with Gasteiger partial charge in [0.25, 0.3) is 0 Å². The van der Waals surface area contributed by atoms with Crippen LogP contribution in [0, 0.1) is 11.8 Å². The summed E-state index contributed by atoms with van der Waals surface area (Å²) in [6.45, 7) is 13.0. The molecule has 2 aromatic rings. The number of carbonyl (C=O) groups is 4. The van der Waals surface area contributed by atoms with Crippen molar-refractivity contribution in [1.29, 1.82) is 0 Å². The van der Waals surface area contributed by atoms with Gasteiger partial charge >= 0.3 is 11.9 Å². The van der Waals surface area contributed by atoms with Gasteiger partial charge in [-0.05, 0) is 41.7 Å². The van der Waals surface area contributed by atoms with E-state index in [4.69, 9.17) is 18.9 Å². The number of methoxy groups -OCH3 is 1. The Kier molecular flexibility index (Phi) is 14.0. The molecule has 10 nitrogen and oxygen atoms in total. The van der Waals surface area contributed by atoms with E-state index in [0.717, 1.165) is 17.2 Å². The third kappa shape index (κ3) is 11.2. The van der Waals surface area contributed by atoms with Gasteiger partial charge in [-0.2, -0.15) is 0 Å². The van der Waals surface area contributed by atoms with E-state index in [1.54, 1.807) is 37.5 Å². The standard InChI is InChI=1S/C36H46N2O8/c1-7-12-29(24(5)33-34(46-33)26-13-10-9-11-14-26)45-36(42)30(21-23(3)4)44-32(40)19-20-37-35(41)28(38-31(39)8-2)22-25-15-17-27(43-6)18-16-25/h7-11,13-18,23-24,28-30,33-34H,1-2,12,19-22H2,3-6H3,(H,37,41)(H,38,39)/t24-,28+,29-,30-,33+,34+/m0/s1. The molecule has 1 heterocycles. The maximum Gasteiger partial charge on any atom is 0.347 e. The lowest BCUT2D eigenvalue weighted by Crippen LogP contribution is -2.48. The van der Waals surface area contributed by atoms with Crippen LogP contribution >= 0.6 is 0 Å². The Hall–Kier alpha value is -4.44. The Labute approximate surface area is 271 Å². The van der Waals surface area contributed by atoms with Gasteiger partial charge in [0.05, 0.1) is 19.6 Å². The van der Waals surface area contributed by atoms with E-state index in [0.29, 0.717) is 12.2 Å². The number of benzene rings is 2. The summed E-state index contributed by atoms with van der Waals surface area (Å²) in [5.41, 5.74) is 1.87. The second kappa shape index (κ2) is 17.9. The predicted molar refractivity (Wildman–Crippen MR) is 174 cm³/mol.